The predicted molar refractivity (Wildman–Crippen MR) is 86.6 cm³/mol. The first-order chi connectivity index (χ1) is 9.97. The van der Waals surface area contributed by atoms with Crippen molar-refractivity contribution in [3.63, 3.8) is 0 Å². The number of halogens is 3. The van der Waals surface area contributed by atoms with E-state index in [9.17, 15) is 0 Å². The Bertz CT molecular complexity index is 635. The number of hydrogen-bond acceptors (Lipinski definition) is 4. The maximum absolute atomic E-state index is 6.08. The maximum Gasteiger partial charge on any atom is 0.218 e. The van der Waals surface area contributed by atoms with Gasteiger partial charge in [-0.05, 0) is 26.0 Å². The molecule has 0 saturated carbocycles. The van der Waals surface area contributed by atoms with Crippen molar-refractivity contribution in [2.24, 2.45) is 0 Å². The van der Waals surface area contributed by atoms with Crippen LogP contribution >= 0.6 is 34.8 Å². The second-order valence-electron chi connectivity index (χ2n) is 4.58. The molecule has 2 heterocycles. The minimum atomic E-state index is 0.0466. The highest BCUT2D eigenvalue weighted by atomic mass is 35.5. The molecule has 0 spiro atoms. The molecule has 0 fully saturated rings. The van der Waals surface area contributed by atoms with Gasteiger partial charge in [-0.2, -0.15) is 0 Å². The molecule has 0 aliphatic heterocycles. The quantitative estimate of drug-likeness (QED) is 0.787. The third kappa shape index (κ3) is 4.37. The van der Waals surface area contributed by atoms with Gasteiger partial charge in [0.2, 0.25) is 5.88 Å². The number of aromatic nitrogens is 2. The van der Waals surface area contributed by atoms with Crippen LogP contribution in [-0.2, 0) is 6.54 Å². The van der Waals surface area contributed by atoms with Gasteiger partial charge in [-0.1, -0.05) is 40.9 Å². The van der Waals surface area contributed by atoms with Gasteiger partial charge in [-0.15, -0.1) is 0 Å². The van der Waals surface area contributed by atoms with E-state index >= 15 is 0 Å². The van der Waals surface area contributed by atoms with E-state index in [1.807, 2.05) is 26.0 Å². The Morgan fingerprint density at radius 3 is 2.71 bits per heavy atom. The molecule has 112 valence electrons. The van der Waals surface area contributed by atoms with Gasteiger partial charge in [-0.25, -0.2) is 9.97 Å². The lowest BCUT2D eigenvalue weighted by Gasteiger charge is -2.14. The number of pyridine rings is 2. The second-order valence-corrected chi connectivity index (χ2v) is 5.75. The van der Waals surface area contributed by atoms with Gasteiger partial charge in [0, 0.05) is 18.3 Å². The zero-order valence-electron chi connectivity index (χ0n) is 11.5. The normalized spacial score (nSPS) is 10.8. The number of nitrogens with one attached hydrogen (secondary N) is 1. The van der Waals surface area contributed by atoms with Gasteiger partial charge in [0.25, 0.3) is 0 Å². The number of anilines is 1. The summed E-state index contributed by atoms with van der Waals surface area (Å²) in [5, 5.41) is 4.03. The summed E-state index contributed by atoms with van der Waals surface area (Å²) in [7, 11) is 0. The molecule has 1 N–H and O–H groups in total. The predicted octanol–water partition coefficient (Wildman–Crippen LogP) is 4.84. The molecule has 0 aromatic carbocycles. The highest BCUT2D eigenvalue weighted by Gasteiger charge is 2.10. The average molecular weight is 347 g/mol. The Labute approximate surface area is 138 Å². The first-order valence-corrected chi connectivity index (χ1v) is 7.46. The van der Waals surface area contributed by atoms with Crippen LogP contribution in [0.4, 0.5) is 5.82 Å². The van der Waals surface area contributed by atoms with E-state index in [2.05, 4.69) is 15.3 Å². The SMILES string of the molecule is CC(C)Oc1ncccc1CNc1nc(Cl)c(Cl)cc1Cl. The standard InChI is InChI=1S/C14H14Cl3N3O/c1-8(2)21-14-9(4-3-5-18-14)7-19-13-11(16)6-10(15)12(17)20-13/h3-6,8H,7H2,1-2H3,(H,19,20). The van der Waals surface area contributed by atoms with Crippen molar-refractivity contribution < 1.29 is 4.74 Å². The van der Waals surface area contributed by atoms with Gasteiger partial charge in [0.1, 0.15) is 11.0 Å². The summed E-state index contributed by atoms with van der Waals surface area (Å²) < 4.78 is 5.66. The van der Waals surface area contributed by atoms with E-state index in [0.717, 1.165) is 5.56 Å². The van der Waals surface area contributed by atoms with Crippen LogP contribution < -0.4 is 10.1 Å². The Morgan fingerprint density at radius 2 is 2.00 bits per heavy atom. The maximum atomic E-state index is 6.08. The van der Waals surface area contributed by atoms with Crippen molar-refractivity contribution in [3.8, 4) is 5.88 Å². The summed E-state index contributed by atoms with van der Waals surface area (Å²) >= 11 is 17.8. The van der Waals surface area contributed by atoms with E-state index < -0.39 is 0 Å². The van der Waals surface area contributed by atoms with Crippen LogP contribution in [0.25, 0.3) is 0 Å². The van der Waals surface area contributed by atoms with Crippen LogP contribution in [0.15, 0.2) is 24.4 Å². The number of ether oxygens (including phenoxy) is 1. The molecule has 0 aliphatic rings. The van der Waals surface area contributed by atoms with Crippen LogP contribution in [0, 0.1) is 0 Å². The Balaban J connectivity index is 2.15. The summed E-state index contributed by atoms with van der Waals surface area (Å²) in [5.74, 6) is 1.04. The van der Waals surface area contributed by atoms with Crippen LogP contribution in [0.2, 0.25) is 15.2 Å². The van der Waals surface area contributed by atoms with Crippen LogP contribution in [0.3, 0.4) is 0 Å². The molecule has 0 atom stereocenters. The molecule has 2 aromatic heterocycles. The lowest BCUT2D eigenvalue weighted by atomic mass is 10.2. The van der Waals surface area contributed by atoms with Crippen LogP contribution in [0.5, 0.6) is 5.88 Å². The van der Waals surface area contributed by atoms with Gasteiger partial charge in [0.15, 0.2) is 0 Å². The van der Waals surface area contributed by atoms with Crippen LogP contribution in [-0.4, -0.2) is 16.1 Å². The molecule has 0 saturated heterocycles. The molecular weight excluding hydrogens is 333 g/mol. The first kappa shape index (κ1) is 16.1. The number of rotatable bonds is 5. The Hall–Kier alpha value is -1.23. The summed E-state index contributed by atoms with van der Waals surface area (Å²) in [6.45, 7) is 4.35. The van der Waals surface area contributed by atoms with Gasteiger partial charge in [-0.3, -0.25) is 0 Å². The molecule has 2 rings (SSSR count). The average Bonchev–Trinajstić information content (AvgIpc) is 2.42. The molecule has 0 radical (unpaired) electrons. The van der Waals surface area contributed by atoms with Gasteiger partial charge in [0.05, 0.1) is 16.1 Å². The third-order valence-corrected chi connectivity index (χ3v) is 3.49. The lowest BCUT2D eigenvalue weighted by molar-refractivity contribution is 0.230. The fourth-order valence-corrected chi connectivity index (χ4v) is 2.20. The van der Waals surface area contributed by atoms with Crippen molar-refractivity contribution >= 4 is 40.6 Å². The number of nitrogens with zero attached hydrogens (tertiary/aromatic N) is 2. The molecule has 0 unspecified atom stereocenters. The minimum absolute atomic E-state index is 0.0466. The highest BCUT2D eigenvalue weighted by molar-refractivity contribution is 6.42. The molecule has 7 heteroatoms. The van der Waals surface area contributed by atoms with Crippen molar-refractivity contribution in [2.45, 2.75) is 26.5 Å². The second kappa shape index (κ2) is 7.16. The van der Waals surface area contributed by atoms with Crippen molar-refractivity contribution in [3.05, 3.63) is 45.2 Å². The molecule has 0 amide bonds. The molecule has 4 nitrogen and oxygen atoms in total. The summed E-state index contributed by atoms with van der Waals surface area (Å²) in [6.07, 6.45) is 1.73. The summed E-state index contributed by atoms with van der Waals surface area (Å²) in [5.41, 5.74) is 0.898. The molecule has 0 bridgehead atoms. The summed E-state index contributed by atoms with van der Waals surface area (Å²) in [4.78, 5) is 8.33. The van der Waals surface area contributed by atoms with Crippen molar-refractivity contribution in [1.29, 1.82) is 0 Å². The van der Waals surface area contributed by atoms with E-state index in [-0.39, 0.29) is 11.3 Å². The van der Waals surface area contributed by atoms with Gasteiger partial charge < -0.3 is 10.1 Å². The smallest absolute Gasteiger partial charge is 0.218 e. The number of hydrogen-bond donors (Lipinski definition) is 1. The van der Waals surface area contributed by atoms with E-state index in [0.29, 0.717) is 28.3 Å². The lowest BCUT2D eigenvalue weighted by Crippen LogP contribution is -2.11. The Morgan fingerprint density at radius 1 is 1.24 bits per heavy atom. The summed E-state index contributed by atoms with van der Waals surface area (Å²) in [6, 6.07) is 5.31. The highest BCUT2D eigenvalue weighted by Crippen LogP contribution is 2.29. The zero-order chi connectivity index (χ0) is 15.4. The molecule has 21 heavy (non-hydrogen) atoms. The molecular formula is C14H14Cl3N3O. The third-order valence-electron chi connectivity index (χ3n) is 2.53. The van der Waals surface area contributed by atoms with E-state index in [4.69, 9.17) is 39.5 Å². The zero-order valence-corrected chi connectivity index (χ0v) is 13.8. The monoisotopic (exact) mass is 345 g/mol. The molecule has 0 aliphatic carbocycles. The van der Waals surface area contributed by atoms with Gasteiger partial charge >= 0.3 is 0 Å². The Kier molecular flexibility index (Phi) is 5.51. The minimum Gasteiger partial charge on any atom is -0.475 e. The van der Waals surface area contributed by atoms with Crippen LogP contribution in [0.1, 0.15) is 19.4 Å². The molecule has 2 aromatic rings. The fourth-order valence-electron chi connectivity index (χ4n) is 1.64. The van der Waals surface area contributed by atoms with E-state index in [1.54, 1.807) is 12.3 Å². The largest absolute Gasteiger partial charge is 0.475 e. The topological polar surface area (TPSA) is 47.0 Å². The van der Waals surface area contributed by atoms with E-state index in [1.165, 1.54) is 0 Å². The van der Waals surface area contributed by atoms with Crippen molar-refractivity contribution in [2.75, 3.05) is 5.32 Å². The first-order valence-electron chi connectivity index (χ1n) is 6.33. The van der Waals surface area contributed by atoms with Crippen molar-refractivity contribution in [1.82, 2.24) is 9.97 Å². The fraction of sp³-hybridized carbons (Fsp3) is 0.286.